The molecule has 0 atom stereocenters. The largest absolute Gasteiger partial charge is 0.490 e. The van der Waals surface area contributed by atoms with Crippen LogP contribution < -0.4 is 9.47 Å². The minimum atomic E-state index is 0.195. The molecule has 0 aliphatic carbocycles. The van der Waals surface area contributed by atoms with Gasteiger partial charge in [0.2, 0.25) is 11.7 Å². The lowest BCUT2D eigenvalue weighted by Crippen LogP contribution is -2.25. The van der Waals surface area contributed by atoms with Gasteiger partial charge in [0.05, 0.1) is 19.4 Å². The molecule has 156 valence electrons. The van der Waals surface area contributed by atoms with Crippen LogP contribution in [0.25, 0.3) is 22.8 Å². The van der Waals surface area contributed by atoms with Crippen LogP contribution in [-0.2, 0) is 4.74 Å². The zero-order valence-electron chi connectivity index (χ0n) is 16.7. The zero-order chi connectivity index (χ0) is 20.9. The molecule has 0 N–H and O–H groups in total. The lowest BCUT2D eigenvalue weighted by molar-refractivity contribution is 0.0256. The number of hydrogen-bond acceptors (Lipinski definition) is 8. The van der Waals surface area contributed by atoms with E-state index in [-0.39, 0.29) is 6.10 Å². The minimum Gasteiger partial charge on any atom is -0.490 e. The predicted molar refractivity (Wildman–Crippen MR) is 112 cm³/mol. The Hall–Kier alpha value is -3.78. The van der Waals surface area contributed by atoms with Gasteiger partial charge in [0, 0.05) is 30.8 Å². The fourth-order valence-corrected chi connectivity index (χ4v) is 3.27. The first-order valence-corrected chi connectivity index (χ1v) is 10.1. The van der Waals surface area contributed by atoms with Gasteiger partial charge in [-0.15, -0.1) is 0 Å². The second-order valence-corrected chi connectivity index (χ2v) is 7.02. The van der Waals surface area contributed by atoms with Gasteiger partial charge < -0.3 is 18.7 Å². The molecule has 4 heterocycles. The molecule has 0 spiro atoms. The molecule has 1 saturated heterocycles. The van der Waals surface area contributed by atoms with Gasteiger partial charge in [-0.1, -0.05) is 5.16 Å². The number of hydrogen-bond donors (Lipinski definition) is 0. The third-order valence-corrected chi connectivity index (χ3v) is 4.86. The van der Waals surface area contributed by atoms with E-state index in [0.717, 1.165) is 37.4 Å². The monoisotopic (exact) mass is 416 g/mol. The molecule has 4 aromatic rings. The number of benzene rings is 1. The lowest BCUT2D eigenvalue weighted by atomic mass is 10.1. The standard InChI is InChI=1S/C23H20N4O4/c1-3-19(15-24-11-1)30-22-20(4-2-12-25-22)23-26-21(27-31-23)16-5-7-17(8-6-16)29-18-9-13-28-14-10-18/h1-8,11-12,15,18H,9-10,13-14H2. The predicted octanol–water partition coefficient (Wildman–Crippen LogP) is 4.54. The van der Waals surface area contributed by atoms with Crippen molar-refractivity contribution >= 4 is 0 Å². The Labute approximate surface area is 178 Å². The van der Waals surface area contributed by atoms with Crippen LogP contribution in [0.5, 0.6) is 17.4 Å². The van der Waals surface area contributed by atoms with E-state index < -0.39 is 0 Å². The second kappa shape index (κ2) is 8.93. The summed E-state index contributed by atoms with van der Waals surface area (Å²) in [6.07, 6.45) is 6.94. The number of ether oxygens (including phenoxy) is 3. The van der Waals surface area contributed by atoms with Gasteiger partial charge in [-0.3, -0.25) is 4.98 Å². The van der Waals surface area contributed by atoms with E-state index in [1.807, 2.05) is 30.3 Å². The Kier molecular flexibility index (Phi) is 5.53. The maximum Gasteiger partial charge on any atom is 0.263 e. The van der Waals surface area contributed by atoms with Crippen LogP contribution in [0.4, 0.5) is 0 Å². The van der Waals surface area contributed by atoms with Crippen molar-refractivity contribution in [3.05, 3.63) is 67.1 Å². The van der Waals surface area contributed by atoms with E-state index in [2.05, 4.69) is 20.1 Å². The molecular weight excluding hydrogens is 396 g/mol. The van der Waals surface area contributed by atoms with Crippen LogP contribution >= 0.6 is 0 Å². The van der Waals surface area contributed by atoms with Crippen LogP contribution in [-0.4, -0.2) is 39.4 Å². The maximum absolute atomic E-state index is 6.02. The van der Waals surface area contributed by atoms with Gasteiger partial charge in [-0.05, 0) is 48.5 Å². The van der Waals surface area contributed by atoms with Crippen molar-refractivity contribution in [2.45, 2.75) is 18.9 Å². The van der Waals surface area contributed by atoms with E-state index in [0.29, 0.717) is 28.9 Å². The number of aromatic nitrogens is 4. The molecular formula is C23H20N4O4. The van der Waals surface area contributed by atoms with E-state index in [1.54, 1.807) is 36.8 Å². The average molecular weight is 416 g/mol. The molecule has 0 amide bonds. The van der Waals surface area contributed by atoms with Crippen LogP contribution in [0.1, 0.15) is 12.8 Å². The molecule has 1 aliphatic rings. The molecule has 8 nitrogen and oxygen atoms in total. The molecule has 31 heavy (non-hydrogen) atoms. The van der Waals surface area contributed by atoms with Crippen LogP contribution in [0, 0.1) is 0 Å². The summed E-state index contributed by atoms with van der Waals surface area (Å²) in [5.74, 6) is 2.56. The van der Waals surface area contributed by atoms with E-state index in [4.69, 9.17) is 18.7 Å². The highest BCUT2D eigenvalue weighted by molar-refractivity contribution is 5.64. The van der Waals surface area contributed by atoms with Crippen molar-refractivity contribution in [1.82, 2.24) is 20.1 Å². The topological polar surface area (TPSA) is 92.4 Å². The van der Waals surface area contributed by atoms with Gasteiger partial charge in [-0.2, -0.15) is 4.98 Å². The highest BCUT2D eigenvalue weighted by Gasteiger charge is 2.18. The smallest absolute Gasteiger partial charge is 0.263 e. The van der Waals surface area contributed by atoms with Crippen molar-refractivity contribution in [2.24, 2.45) is 0 Å². The van der Waals surface area contributed by atoms with Gasteiger partial charge >= 0.3 is 0 Å². The number of nitrogens with zero attached hydrogens (tertiary/aromatic N) is 4. The third kappa shape index (κ3) is 4.54. The molecule has 0 bridgehead atoms. The Balaban J connectivity index is 1.33. The first kappa shape index (κ1) is 19.2. The van der Waals surface area contributed by atoms with Gasteiger partial charge in [-0.25, -0.2) is 4.98 Å². The summed E-state index contributed by atoms with van der Waals surface area (Å²) in [5, 5.41) is 4.12. The van der Waals surface area contributed by atoms with Crippen LogP contribution in [0.2, 0.25) is 0 Å². The molecule has 5 rings (SSSR count). The summed E-state index contributed by atoms with van der Waals surface area (Å²) in [5.41, 5.74) is 1.43. The first-order valence-electron chi connectivity index (χ1n) is 10.1. The van der Waals surface area contributed by atoms with E-state index in [1.165, 1.54) is 0 Å². The Morgan fingerprint density at radius 3 is 2.55 bits per heavy atom. The van der Waals surface area contributed by atoms with Crippen molar-refractivity contribution in [3.8, 4) is 40.2 Å². The highest BCUT2D eigenvalue weighted by atomic mass is 16.5. The summed E-state index contributed by atoms with van der Waals surface area (Å²) in [7, 11) is 0. The molecule has 1 aliphatic heterocycles. The normalized spacial score (nSPS) is 14.3. The fourth-order valence-electron chi connectivity index (χ4n) is 3.27. The van der Waals surface area contributed by atoms with Gasteiger partial charge in [0.1, 0.15) is 23.2 Å². The summed E-state index contributed by atoms with van der Waals surface area (Å²) in [4.78, 5) is 12.9. The highest BCUT2D eigenvalue weighted by Crippen LogP contribution is 2.31. The molecule has 0 unspecified atom stereocenters. The van der Waals surface area contributed by atoms with Crippen molar-refractivity contribution in [3.63, 3.8) is 0 Å². The third-order valence-electron chi connectivity index (χ3n) is 4.86. The molecule has 3 aromatic heterocycles. The SMILES string of the molecule is c1cncc(Oc2ncccc2-c2nc(-c3ccc(OC4CCOCC4)cc3)no2)c1. The maximum atomic E-state index is 6.02. The molecule has 0 radical (unpaired) electrons. The van der Waals surface area contributed by atoms with E-state index in [9.17, 15) is 0 Å². The molecule has 0 saturated carbocycles. The second-order valence-electron chi connectivity index (χ2n) is 7.02. The zero-order valence-corrected chi connectivity index (χ0v) is 16.7. The summed E-state index contributed by atoms with van der Waals surface area (Å²) < 4.78 is 22.7. The number of pyridine rings is 2. The van der Waals surface area contributed by atoms with Crippen molar-refractivity contribution in [2.75, 3.05) is 13.2 Å². The quantitative estimate of drug-likeness (QED) is 0.452. The minimum absolute atomic E-state index is 0.195. The van der Waals surface area contributed by atoms with E-state index >= 15 is 0 Å². The van der Waals surface area contributed by atoms with Crippen LogP contribution in [0.15, 0.2) is 71.6 Å². The molecule has 1 aromatic carbocycles. The first-order chi connectivity index (χ1) is 15.3. The van der Waals surface area contributed by atoms with Crippen molar-refractivity contribution in [1.29, 1.82) is 0 Å². The Bertz CT molecular complexity index is 1130. The summed E-state index contributed by atoms with van der Waals surface area (Å²) in [6, 6.07) is 14.9. The fraction of sp³-hybridized carbons (Fsp3) is 0.217. The Morgan fingerprint density at radius 1 is 0.903 bits per heavy atom. The summed E-state index contributed by atoms with van der Waals surface area (Å²) in [6.45, 7) is 1.49. The van der Waals surface area contributed by atoms with Crippen LogP contribution in [0.3, 0.4) is 0 Å². The molecule has 1 fully saturated rings. The summed E-state index contributed by atoms with van der Waals surface area (Å²) >= 11 is 0. The average Bonchev–Trinajstić information content (AvgIpc) is 3.31. The van der Waals surface area contributed by atoms with Crippen molar-refractivity contribution < 1.29 is 18.7 Å². The van der Waals surface area contributed by atoms with Gasteiger partial charge in [0.25, 0.3) is 5.89 Å². The van der Waals surface area contributed by atoms with Gasteiger partial charge in [0.15, 0.2) is 0 Å². The molecule has 8 heteroatoms. The lowest BCUT2D eigenvalue weighted by Gasteiger charge is -2.23. The Morgan fingerprint density at radius 2 is 1.74 bits per heavy atom. The number of rotatable bonds is 6.